The van der Waals surface area contributed by atoms with Gasteiger partial charge in [-0.1, -0.05) is 40.0 Å². The standard InChI is InChI=1S/C13H29NO/c1-12(2)6-4-7-13(3)8-10-14-9-5-11-15/h12-15H,4-11H2,1-3H3. The Morgan fingerprint density at radius 1 is 0.933 bits per heavy atom. The van der Waals surface area contributed by atoms with Gasteiger partial charge in [-0.3, -0.25) is 0 Å². The Morgan fingerprint density at radius 2 is 1.67 bits per heavy atom. The van der Waals surface area contributed by atoms with Crippen LogP contribution in [0.2, 0.25) is 0 Å². The zero-order valence-electron chi connectivity index (χ0n) is 10.8. The van der Waals surface area contributed by atoms with Gasteiger partial charge in [0.15, 0.2) is 0 Å². The van der Waals surface area contributed by atoms with Crippen LogP contribution < -0.4 is 5.32 Å². The molecule has 0 aliphatic rings. The van der Waals surface area contributed by atoms with E-state index < -0.39 is 0 Å². The van der Waals surface area contributed by atoms with Crippen LogP contribution in [-0.4, -0.2) is 24.8 Å². The van der Waals surface area contributed by atoms with Crippen LogP contribution in [0.5, 0.6) is 0 Å². The predicted molar refractivity (Wildman–Crippen MR) is 67.0 cm³/mol. The van der Waals surface area contributed by atoms with Gasteiger partial charge in [0.1, 0.15) is 0 Å². The van der Waals surface area contributed by atoms with Crippen LogP contribution >= 0.6 is 0 Å². The largest absolute Gasteiger partial charge is 0.396 e. The van der Waals surface area contributed by atoms with Crippen molar-refractivity contribution in [2.45, 2.75) is 52.9 Å². The lowest BCUT2D eigenvalue weighted by molar-refractivity contribution is 0.285. The highest BCUT2D eigenvalue weighted by atomic mass is 16.3. The second kappa shape index (κ2) is 10.4. The summed E-state index contributed by atoms with van der Waals surface area (Å²) in [6.07, 6.45) is 6.24. The van der Waals surface area contributed by atoms with Gasteiger partial charge >= 0.3 is 0 Å². The van der Waals surface area contributed by atoms with Crippen LogP contribution in [0.4, 0.5) is 0 Å². The van der Waals surface area contributed by atoms with Gasteiger partial charge in [0.25, 0.3) is 0 Å². The van der Waals surface area contributed by atoms with Crippen LogP contribution in [0.1, 0.15) is 52.9 Å². The first-order chi connectivity index (χ1) is 7.16. The molecular weight excluding hydrogens is 186 g/mol. The Kier molecular flexibility index (Phi) is 10.4. The van der Waals surface area contributed by atoms with Gasteiger partial charge in [0.2, 0.25) is 0 Å². The van der Waals surface area contributed by atoms with Crippen molar-refractivity contribution in [1.29, 1.82) is 0 Å². The van der Waals surface area contributed by atoms with Crippen molar-refractivity contribution in [1.82, 2.24) is 5.32 Å². The van der Waals surface area contributed by atoms with Gasteiger partial charge < -0.3 is 10.4 Å². The van der Waals surface area contributed by atoms with Crippen LogP contribution in [0.15, 0.2) is 0 Å². The molecule has 0 aliphatic heterocycles. The summed E-state index contributed by atoms with van der Waals surface area (Å²) >= 11 is 0. The first-order valence-electron chi connectivity index (χ1n) is 6.48. The summed E-state index contributed by atoms with van der Waals surface area (Å²) in [5.41, 5.74) is 0. The van der Waals surface area contributed by atoms with E-state index in [-0.39, 0.29) is 0 Å². The molecule has 0 heterocycles. The van der Waals surface area contributed by atoms with Crippen molar-refractivity contribution >= 4 is 0 Å². The molecule has 15 heavy (non-hydrogen) atoms. The first-order valence-corrected chi connectivity index (χ1v) is 6.48. The summed E-state index contributed by atoms with van der Waals surface area (Å²) in [6, 6.07) is 0. The molecule has 0 amide bonds. The minimum absolute atomic E-state index is 0.303. The predicted octanol–water partition coefficient (Wildman–Crippen LogP) is 2.81. The van der Waals surface area contributed by atoms with E-state index in [1.54, 1.807) is 0 Å². The molecule has 0 aromatic rings. The molecule has 0 rings (SSSR count). The fraction of sp³-hybridized carbons (Fsp3) is 1.00. The number of nitrogens with one attached hydrogen (secondary N) is 1. The van der Waals surface area contributed by atoms with Gasteiger partial charge in [0.05, 0.1) is 0 Å². The van der Waals surface area contributed by atoms with Crippen molar-refractivity contribution in [3.05, 3.63) is 0 Å². The maximum Gasteiger partial charge on any atom is 0.0443 e. The SMILES string of the molecule is CC(C)CCCC(C)CCNCCCO. The highest BCUT2D eigenvalue weighted by molar-refractivity contribution is 4.57. The minimum atomic E-state index is 0.303. The smallest absolute Gasteiger partial charge is 0.0443 e. The Balaban J connectivity index is 3.15. The second-order valence-electron chi connectivity index (χ2n) is 5.05. The number of aliphatic hydroxyl groups excluding tert-OH is 1. The molecule has 2 N–H and O–H groups in total. The van der Waals surface area contributed by atoms with Gasteiger partial charge in [-0.05, 0) is 37.8 Å². The Labute approximate surface area is 95.5 Å². The molecule has 0 spiro atoms. The average Bonchev–Trinajstić information content (AvgIpc) is 2.17. The molecule has 92 valence electrons. The molecule has 2 nitrogen and oxygen atoms in total. The quantitative estimate of drug-likeness (QED) is 0.549. The van der Waals surface area contributed by atoms with Crippen LogP contribution in [0.3, 0.4) is 0 Å². The summed E-state index contributed by atoms with van der Waals surface area (Å²) in [5, 5.41) is 12.0. The fourth-order valence-corrected chi connectivity index (χ4v) is 1.70. The number of hydrogen-bond donors (Lipinski definition) is 2. The summed E-state index contributed by atoms with van der Waals surface area (Å²) in [6.45, 7) is 9.28. The number of hydrogen-bond acceptors (Lipinski definition) is 2. The topological polar surface area (TPSA) is 32.3 Å². The van der Waals surface area contributed by atoms with Crippen molar-refractivity contribution in [3.63, 3.8) is 0 Å². The Morgan fingerprint density at radius 3 is 2.27 bits per heavy atom. The lowest BCUT2D eigenvalue weighted by atomic mass is 9.97. The molecule has 0 radical (unpaired) electrons. The zero-order valence-corrected chi connectivity index (χ0v) is 10.8. The van der Waals surface area contributed by atoms with Crippen molar-refractivity contribution < 1.29 is 5.11 Å². The molecule has 0 aromatic carbocycles. The molecule has 0 aliphatic carbocycles. The van der Waals surface area contributed by atoms with E-state index in [1.165, 1.54) is 25.7 Å². The maximum atomic E-state index is 8.60. The summed E-state index contributed by atoms with van der Waals surface area (Å²) in [7, 11) is 0. The van der Waals surface area contributed by atoms with E-state index in [0.717, 1.165) is 31.3 Å². The van der Waals surface area contributed by atoms with Gasteiger partial charge in [-0.15, -0.1) is 0 Å². The van der Waals surface area contributed by atoms with E-state index in [0.29, 0.717) is 6.61 Å². The number of aliphatic hydroxyl groups is 1. The van der Waals surface area contributed by atoms with E-state index in [9.17, 15) is 0 Å². The Hall–Kier alpha value is -0.0800. The molecular formula is C13H29NO. The fourth-order valence-electron chi connectivity index (χ4n) is 1.70. The van der Waals surface area contributed by atoms with Gasteiger partial charge in [-0.2, -0.15) is 0 Å². The zero-order chi connectivity index (χ0) is 11.5. The monoisotopic (exact) mass is 215 g/mol. The second-order valence-corrected chi connectivity index (χ2v) is 5.05. The Bertz CT molecular complexity index is 126. The molecule has 0 saturated carbocycles. The summed E-state index contributed by atoms with van der Waals surface area (Å²) in [4.78, 5) is 0. The van der Waals surface area contributed by atoms with E-state index in [4.69, 9.17) is 5.11 Å². The molecule has 1 atom stereocenters. The normalized spacial score (nSPS) is 13.4. The molecule has 1 unspecified atom stereocenters. The van der Waals surface area contributed by atoms with E-state index in [1.807, 2.05) is 0 Å². The molecule has 0 bridgehead atoms. The van der Waals surface area contributed by atoms with Crippen molar-refractivity contribution in [2.75, 3.05) is 19.7 Å². The molecule has 0 fully saturated rings. The molecule has 2 heteroatoms. The average molecular weight is 215 g/mol. The third-order valence-corrected chi connectivity index (χ3v) is 2.80. The van der Waals surface area contributed by atoms with Crippen LogP contribution in [0.25, 0.3) is 0 Å². The highest BCUT2D eigenvalue weighted by Crippen LogP contribution is 2.14. The molecule has 0 aromatic heterocycles. The maximum absolute atomic E-state index is 8.60. The van der Waals surface area contributed by atoms with Crippen molar-refractivity contribution in [3.8, 4) is 0 Å². The third kappa shape index (κ3) is 11.8. The van der Waals surface area contributed by atoms with Crippen LogP contribution in [0, 0.1) is 11.8 Å². The number of rotatable bonds is 10. The highest BCUT2D eigenvalue weighted by Gasteiger charge is 2.02. The minimum Gasteiger partial charge on any atom is -0.396 e. The first kappa shape index (κ1) is 14.9. The summed E-state index contributed by atoms with van der Waals surface area (Å²) in [5.74, 6) is 1.69. The van der Waals surface area contributed by atoms with Gasteiger partial charge in [-0.25, -0.2) is 0 Å². The van der Waals surface area contributed by atoms with Crippen molar-refractivity contribution in [2.24, 2.45) is 11.8 Å². The van der Waals surface area contributed by atoms with Crippen LogP contribution in [-0.2, 0) is 0 Å². The molecule has 0 saturated heterocycles. The van der Waals surface area contributed by atoms with Gasteiger partial charge in [0, 0.05) is 6.61 Å². The lowest BCUT2D eigenvalue weighted by Crippen LogP contribution is -2.19. The lowest BCUT2D eigenvalue weighted by Gasteiger charge is -2.12. The summed E-state index contributed by atoms with van der Waals surface area (Å²) < 4.78 is 0. The van der Waals surface area contributed by atoms with E-state index in [2.05, 4.69) is 26.1 Å². The van der Waals surface area contributed by atoms with E-state index >= 15 is 0 Å². The third-order valence-electron chi connectivity index (χ3n) is 2.80.